The normalized spacial score (nSPS) is 10.4. The molecule has 0 radical (unpaired) electrons. The highest BCUT2D eigenvalue weighted by molar-refractivity contribution is 9.10. The number of aryl methyl sites for hydroxylation is 1. The first-order valence-electron chi connectivity index (χ1n) is 5.92. The number of anilines is 1. The van der Waals surface area contributed by atoms with Crippen LogP contribution in [-0.2, 0) is 0 Å². The van der Waals surface area contributed by atoms with E-state index in [0.29, 0.717) is 15.7 Å². The zero-order valence-electron chi connectivity index (χ0n) is 11.0. The van der Waals surface area contributed by atoms with E-state index in [2.05, 4.69) is 21.2 Å². The number of thioether (sulfide) groups is 1. The monoisotopic (exact) mass is 353 g/mol. The maximum atomic E-state index is 13.5. The fraction of sp³-hybridized carbons (Fsp3) is 0.133. The highest BCUT2D eigenvalue weighted by Crippen LogP contribution is 2.24. The van der Waals surface area contributed by atoms with Crippen molar-refractivity contribution >= 4 is 39.3 Å². The smallest absolute Gasteiger partial charge is 0.255 e. The number of amides is 1. The fourth-order valence-corrected chi connectivity index (χ4v) is 2.58. The third-order valence-electron chi connectivity index (χ3n) is 2.87. The highest BCUT2D eigenvalue weighted by atomic mass is 79.9. The quantitative estimate of drug-likeness (QED) is 0.797. The van der Waals surface area contributed by atoms with E-state index in [1.165, 1.54) is 6.07 Å². The summed E-state index contributed by atoms with van der Waals surface area (Å²) in [5.74, 6) is -0.647. The molecule has 0 aliphatic heterocycles. The molecule has 104 valence electrons. The molecule has 1 amide bonds. The van der Waals surface area contributed by atoms with Crippen LogP contribution in [0.25, 0.3) is 0 Å². The summed E-state index contributed by atoms with van der Waals surface area (Å²) in [6, 6.07) is 10.2. The SMILES string of the molecule is CSc1ccc(C(=O)Nc2cc(F)c(Br)cc2C)cc1. The van der Waals surface area contributed by atoms with Gasteiger partial charge >= 0.3 is 0 Å². The van der Waals surface area contributed by atoms with Crippen LogP contribution >= 0.6 is 27.7 Å². The molecule has 0 aliphatic carbocycles. The zero-order valence-corrected chi connectivity index (χ0v) is 13.4. The van der Waals surface area contributed by atoms with Gasteiger partial charge in [-0.1, -0.05) is 0 Å². The predicted octanol–water partition coefficient (Wildman–Crippen LogP) is 4.87. The third-order valence-corrected chi connectivity index (χ3v) is 4.22. The molecule has 2 aromatic rings. The van der Waals surface area contributed by atoms with E-state index in [1.807, 2.05) is 25.3 Å². The maximum absolute atomic E-state index is 13.5. The van der Waals surface area contributed by atoms with E-state index < -0.39 is 5.82 Å². The van der Waals surface area contributed by atoms with Gasteiger partial charge in [-0.05, 0) is 71.1 Å². The molecule has 20 heavy (non-hydrogen) atoms. The van der Waals surface area contributed by atoms with Crippen LogP contribution in [0.4, 0.5) is 10.1 Å². The van der Waals surface area contributed by atoms with Gasteiger partial charge in [0.1, 0.15) is 5.82 Å². The predicted molar refractivity (Wildman–Crippen MR) is 85.0 cm³/mol. The van der Waals surface area contributed by atoms with Gasteiger partial charge in [0.05, 0.1) is 4.47 Å². The number of carbonyl (C=O) groups excluding carboxylic acids is 1. The molecule has 1 N–H and O–H groups in total. The Morgan fingerprint density at radius 1 is 1.25 bits per heavy atom. The summed E-state index contributed by atoms with van der Waals surface area (Å²) in [4.78, 5) is 13.2. The zero-order chi connectivity index (χ0) is 14.7. The molecule has 0 saturated heterocycles. The van der Waals surface area contributed by atoms with Crippen LogP contribution in [0.2, 0.25) is 0 Å². The van der Waals surface area contributed by atoms with Gasteiger partial charge in [-0.25, -0.2) is 4.39 Å². The first-order chi connectivity index (χ1) is 9.51. The van der Waals surface area contributed by atoms with Crippen LogP contribution in [-0.4, -0.2) is 12.2 Å². The Hall–Kier alpha value is -1.33. The fourth-order valence-electron chi connectivity index (χ4n) is 1.72. The molecule has 2 rings (SSSR count). The minimum Gasteiger partial charge on any atom is -0.322 e. The summed E-state index contributed by atoms with van der Waals surface area (Å²) in [5.41, 5.74) is 1.82. The van der Waals surface area contributed by atoms with Gasteiger partial charge in [0.15, 0.2) is 0 Å². The van der Waals surface area contributed by atoms with Crippen molar-refractivity contribution in [3.63, 3.8) is 0 Å². The summed E-state index contributed by atoms with van der Waals surface area (Å²) in [6.45, 7) is 1.82. The number of nitrogens with one attached hydrogen (secondary N) is 1. The van der Waals surface area contributed by atoms with Gasteiger partial charge in [-0.15, -0.1) is 11.8 Å². The second-order valence-electron chi connectivity index (χ2n) is 4.26. The summed E-state index contributed by atoms with van der Waals surface area (Å²) in [5, 5.41) is 2.73. The molecule has 0 fully saturated rings. The van der Waals surface area contributed by atoms with E-state index in [9.17, 15) is 9.18 Å². The van der Waals surface area contributed by atoms with Gasteiger partial charge in [0, 0.05) is 16.1 Å². The lowest BCUT2D eigenvalue weighted by Gasteiger charge is -2.10. The Morgan fingerprint density at radius 2 is 1.90 bits per heavy atom. The van der Waals surface area contributed by atoms with Crippen molar-refractivity contribution in [2.45, 2.75) is 11.8 Å². The Balaban J connectivity index is 2.20. The van der Waals surface area contributed by atoms with E-state index >= 15 is 0 Å². The Morgan fingerprint density at radius 3 is 2.50 bits per heavy atom. The van der Waals surface area contributed by atoms with Gasteiger partial charge in [0.25, 0.3) is 5.91 Å². The van der Waals surface area contributed by atoms with Gasteiger partial charge in [-0.3, -0.25) is 4.79 Å². The number of benzene rings is 2. The first kappa shape index (κ1) is 15.1. The Labute approximate surface area is 129 Å². The topological polar surface area (TPSA) is 29.1 Å². The number of hydrogen-bond acceptors (Lipinski definition) is 2. The average Bonchev–Trinajstić information content (AvgIpc) is 2.44. The third kappa shape index (κ3) is 3.41. The van der Waals surface area contributed by atoms with Crippen LogP contribution in [0.15, 0.2) is 45.8 Å². The van der Waals surface area contributed by atoms with Crippen LogP contribution < -0.4 is 5.32 Å². The molecule has 0 heterocycles. The molecule has 0 saturated carbocycles. The van der Waals surface area contributed by atoms with Crippen molar-refractivity contribution in [3.8, 4) is 0 Å². The number of rotatable bonds is 3. The number of carbonyl (C=O) groups is 1. The van der Waals surface area contributed by atoms with E-state index in [4.69, 9.17) is 0 Å². The molecule has 2 aromatic carbocycles. The van der Waals surface area contributed by atoms with E-state index in [0.717, 1.165) is 10.5 Å². The molecule has 0 spiro atoms. The van der Waals surface area contributed by atoms with Crippen LogP contribution in [0.1, 0.15) is 15.9 Å². The number of hydrogen-bond donors (Lipinski definition) is 1. The van der Waals surface area contributed by atoms with Crippen LogP contribution in [0, 0.1) is 12.7 Å². The van der Waals surface area contributed by atoms with Gasteiger partial charge < -0.3 is 5.32 Å². The van der Waals surface area contributed by atoms with E-state index in [-0.39, 0.29) is 5.91 Å². The van der Waals surface area contributed by atoms with Crippen LogP contribution in [0.5, 0.6) is 0 Å². The summed E-state index contributed by atoms with van der Waals surface area (Å²) >= 11 is 4.73. The average molecular weight is 354 g/mol. The standard InChI is InChI=1S/C15H13BrFNOS/c1-9-7-12(16)13(17)8-14(9)18-15(19)10-3-5-11(20-2)6-4-10/h3-8H,1-2H3,(H,18,19). The summed E-state index contributed by atoms with van der Waals surface area (Å²) < 4.78 is 13.9. The summed E-state index contributed by atoms with van der Waals surface area (Å²) in [7, 11) is 0. The molecule has 0 aliphatic rings. The van der Waals surface area contributed by atoms with E-state index in [1.54, 1.807) is 30.0 Å². The largest absolute Gasteiger partial charge is 0.322 e. The Bertz CT molecular complexity index is 643. The van der Waals surface area contributed by atoms with Crippen molar-refractivity contribution < 1.29 is 9.18 Å². The molecular weight excluding hydrogens is 341 g/mol. The van der Waals surface area contributed by atoms with Crippen LogP contribution in [0.3, 0.4) is 0 Å². The molecule has 2 nitrogen and oxygen atoms in total. The maximum Gasteiger partial charge on any atom is 0.255 e. The Kier molecular flexibility index (Phi) is 4.83. The minimum atomic E-state index is -0.399. The van der Waals surface area contributed by atoms with Gasteiger partial charge in [0.2, 0.25) is 0 Å². The van der Waals surface area contributed by atoms with Crippen molar-refractivity contribution in [2.75, 3.05) is 11.6 Å². The second-order valence-corrected chi connectivity index (χ2v) is 6.00. The molecular formula is C15H13BrFNOS. The second kappa shape index (κ2) is 6.41. The lowest BCUT2D eigenvalue weighted by Crippen LogP contribution is -2.13. The van der Waals surface area contributed by atoms with Crippen molar-refractivity contribution in [1.82, 2.24) is 0 Å². The molecule has 0 bridgehead atoms. The summed E-state index contributed by atoms with van der Waals surface area (Å²) in [6.07, 6.45) is 1.98. The molecule has 0 aromatic heterocycles. The highest BCUT2D eigenvalue weighted by Gasteiger charge is 2.10. The van der Waals surface area contributed by atoms with Crippen molar-refractivity contribution in [1.29, 1.82) is 0 Å². The first-order valence-corrected chi connectivity index (χ1v) is 7.94. The van der Waals surface area contributed by atoms with Gasteiger partial charge in [-0.2, -0.15) is 0 Å². The lowest BCUT2D eigenvalue weighted by molar-refractivity contribution is 0.102. The lowest BCUT2D eigenvalue weighted by atomic mass is 10.1. The molecule has 0 atom stereocenters. The molecule has 5 heteroatoms. The van der Waals surface area contributed by atoms with Crippen molar-refractivity contribution in [3.05, 3.63) is 57.8 Å². The number of halogens is 2. The van der Waals surface area contributed by atoms with Crippen molar-refractivity contribution in [2.24, 2.45) is 0 Å². The minimum absolute atomic E-state index is 0.248. The molecule has 0 unspecified atom stereocenters.